The summed E-state index contributed by atoms with van der Waals surface area (Å²) >= 11 is 0. The second-order valence-electron chi connectivity index (χ2n) is 5.85. The van der Waals surface area contributed by atoms with Crippen molar-refractivity contribution in [2.24, 2.45) is 0 Å². The monoisotopic (exact) mass is 351 g/mol. The first-order valence-corrected chi connectivity index (χ1v) is 8.21. The molecular weight excluding hydrogens is 330 g/mol. The molecule has 0 saturated carbocycles. The summed E-state index contributed by atoms with van der Waals surface area (Å²) < 4.78 is 4.99. The number of benzene rings is 2. The molecule has 2 rings (SSSR count). The van der Waals surface area contributed by atoms with Crippen LogP contribution in [-0.2, 0) is 9.53 Å². The molecular formula is C21H21NO4. The number of ketones is 2. The maximum atomic E-state index is 12.6. The molecule has 0 saturated heterocycles. The van der Waals surface area contributed by atoms with Gasteiger partial charge in [-0.1, -0.05) is 30.8 Å². The topological polar surface area (TPSA) is 72.5 Å². The molecule has 2 aromatic rings. The average molecular weight is 351 g/mol. The van der Waals surface area contributed by atoms with E-state index in [-0.39, 0.29) is 18.2 Å². The molecule has 0 aromatic heterocycles. The van der Waals surface area contributed by atoms with Gasteiger partial charge in [-0.25, -0.2) is 4.79 Å². The van der Waals surface area contributed by atoms with Crippen molar-refractivity contribution < 1.29 is 19.1 Å². The van der Waals surface area contributed by atoms with Crippen molar-refractivity contribution in [3.05, 3.63) is 77.4 Å². The van der Waals surface area contributed by atoms with Gasteiger partial charge in [0.05, 0.1) is 0 Å². The number of rotatable bonds is 8. The number of hydrogen-bond acceptors (Lipinski definition) is 5. The highest BCUT2D eigenvalue weighted by atomic mass is 16.5. The Morgan fingerprint density at radius 3 is 2.15 bits per heavy atom. The molecule has 1 N–H and O–H groups in total. The molecule has 0 aliphatic rings. The lowest BCUT2D eigenvalue weighted by Gasteiger charge is -2.09. The zero-order valence-electron chi connectivity index (χ0n) is 14.9. The normalized spacial score (nSPS) is 10.1. The van der Waals surface area contributed by atoms with Gasteiger partial charge < -0.3 is 10.1 Å². The molecule has 26 heavy (non-hydrogen) atoms. The maximum absolute atomic E-state index is 12.6. The number of Topliss-reactive ketones (excluding diaryl/α,β-unsaturated/α-hetero) is 1. The summed E-state index contributed by atoms with van der Waals surface area (Å²) in [4.78, 5) is 35.6. The summed E-state index contributed by atoms with van der Waals surface area (Å²) in [6.07, 6.45) is 0. The Kier molecular flexibility index (Phi) is 6.44. The van der Waals surface area contributed by atoms with Gasteiger partial charge in [0.1, 0.15) is 6.61 Å². The van der Waals surface area contributed by atoms with Gasteiger partial charge in [0.2, 0.25) is 0 Å². The fraction of sp³-hybridized carbons (Fsp3) is 0.190. The molecule has 0 heterocycles. The molecule has 0 aliphatic carbocycles. The van der Waals surface area contributed by atoms with E-state index < -0.39 is 5.97 Å². The fourth-order valence-electron chi connectivity index (χ4n) is 2.35. The van der Waals surface area contributed by atoms with Crippen LogP contribution in [-0.4, -0.2) is 30.7 Å². The van der Waals surface area contributed by atoms with Gasteiger partial charge in [0.15, 0.2) is 11.6 Å². The Morgan fingerprint density at radius 1 is 0.962 bits per heavy atom. The van der Waals surface area contributed by atoms with Crippen molar-refractivity contribution in [2.45, 2.75) is 13.8 Å². The van der Waals surface area contributed by atoms with Crippen LogP contribution in [0, 0.1) is 0 Å². The number of carbonyl (C=O) groups is 3. The zero-order chi connectivity index (χ0) is 19.1. The van der Waals surface area contributed by atoms with Crippen LogP contribution < -0.4 is 5.32 Å². The van der Waals surface area contributed by atoms with Gasteiger partial charge in [-0.2, -0.15) is 0 Å². The number of carbonyl (C=O) groups excluding carboxylic acids is 3. The van der Waals surface area contributed by atoms with E-state index in [2.05, 4.69) is 11.9 Å². The third-order valence-corrected chi connectivity index (χ3v) is 3.71. The lowest BCUT2D eigenvalue weighted by atomic mass is 9.96. The summed E-state index contributed by atoms with van der Waals surface area (Å²) in [5.74, 6) is -0.758. The minimum atomic E-state index is -0.420. The van der Waals surface area contributed by atoms with Crippen LogP contribution in [0.1, 0.15) is 40.1 Å². The maximum Gasteiger partial charge on any atom is 0.333 e. The molecule has 0 radical (unpaired) electrons. The summed E-state index contributed by atoms with van der Waals surface area (Å²) in [6, 6.07) is 13.7. The van der Waals surface area contributed by atoms with Gasteiger partial charge in [-0.3, -0.25) is 9.59 Å². The molecule has 0 aliphatic heterocycles. The highest BCUT2D eigenvalue weighted by Crippen LogP contribution is 2.17. The van der Waals surface area contributed by atoms with E-state index in [1.54, 1.807) is 55.5 Å². The standard InChI is InChI=1S/C21H21NO4/c1-14(2)21(25)26-13-12-22-17-10-8-16(9-11-17)20(24)19-7-5-4-6-18(19)15(3)23/h4-11,22H,1,12-13H2,2-3H3. The highest BCUT2D eigenvalue weighted by molar-refractivity contribution is 6.15. The Balaban J connectivity index is 1.99. The van der Waals surface area contributed by atoms with Crippen LogP contribution in [0.5, 0.6) is 0 Å². The molecule has 0 unspecified atom stereocenters. The summed E-state index contributed by atoms with van der Waals surface area (Å²) in [5.41, 5.74) is 2.47. The average Bonchev–Trinajstić information content (AvgIpc) is 2.64. The summed E-state index contributed by atoms with van der Waals surface area (Å²) in [5, 5.41) is 3.10. The first kappa shape index (κ1) is 19.1. The Labute approximate surface area is 152 Å². The fourth-order valence-corrected chi connectivity index (χ4v) is 2.35. The third-order valence-electron chi connectivity index (χ3n) is 3.71. The Morgan fingerprint density at radius 2 is 1.58 bits per heavy atom. The minimum Gasteiger partial charge on any atom is -0.460 e. The molecule has 5 nitrogen and oxygen atoms in total. The Bertz CT molecular complexity index is 837. The van der Waals surface area contributed by atoms with Crippen molar-refractivity contribution in [3.63, 3.8) is 0 Å². The first-order chi connectivity index (χ1) is 12.4. The quantitative estimate of drug-likeness (QED) is 0.340. The van der Waals surface area contributed by atoms with Crippen molar-refractivity contribution >= 4 is 23.2 Å². The summed E-state index contributed by atoms with van der Waals surface area (Å²) in [7, 11) is 0. The molecule has 134 valence electrons. The van der Waals surface area contributed by atoms with Crippen molar-refractivity contribution in [1.29, 1.82) is 0 Å². The number of hydrogen-bond donors (Lipinski definition) is 1. The molecule has 0 amide bonds. The van der Waals surface area contributed by atoms with Gasteiger partial charge in [0.25, 0.3) is 0 Å². The molecule has 0 atom stereocenters. The van der Waals surface area contributed by atoms with Crippen molar-refractivity contribution in [1.82, 2.24) is 0 Å². The lowest BCUT2D eigenvalue weighted by molar-refractivity contribution is -0.138. The van der Waals surface area contributed by atoms with Crippen LogP contribution in [0.25, 0.3) is 0 Å². The van der Waals surface area contributed by atoms with Crippen molar-refractivity contribution in [2.75, 3.05) is 18.5 Å². The largest absolute Gasteiger partial charge is 0.460 e. The van der Waals surface area contributed by atoms with E-state index in [1.165, 1.54) is 6.92 Å². The van der Waals surface area contributed by atoms with Gasteiger partial charge in [0, 0.05) is 34.5 Å². The highest BCUT2D eigenvalue weighted by Gasteiger charge is 2.15. The van der Waals surface area contributed by atoms with E-state index in [1.807, 2.05) is 0 Å². The van der Waals surface area contributed by atoms with Crippen LogP contribution in [0.15, 0.2) is 60.7 Å². The number of anilines is 1. The molecule has 0 bridgehead atoms. The molecule has 2 aromatic carbocycles. The first-order valence-electron chi connectivity index (χ1n) is 8.21. The minimum absolute atomic E-state index is 0.142. The second-order valence-corrected chi connectivity index (χ2v) is 5.85. The number of ether oxygens (including phenoxy) is 1. The van der Waals surface area contributed by atoms with E-state index in [4.69, 9.17) is 4.74 Å². The predicted octanol–water partition coefficient (Wildman–Crippen LogP) is 3.65. The lowest BCUT2D eigenvalue weighted by Crippen LogP contribution is -2.14. The molecule has 5 heteroatoms. The number of esters is 1. The van der Waals surface area contributed by atoms with E-state index in [0.29, 0.717) is 28.8 Å². The third kappa shape index (κ3) is 4.89. The van der Waals surface area contributed by atoms with E-state index in [9.17, 15) is 14.4 Å². The predicted molar refractivity (Wildman–Crippen MR) is 101 cm³/mol. The Hall–Kier alpha value is -3.21. The number of nitrogens with one attached hydrogen (secondary N) is 1. The van der Waals surface area contributed by atoms with Crippen LogP contribution >= 0.6 is 0 Å². The van der Waals surface area contributed by atoms with Crippen molar-refractivity contribution in [3.8, 4) is 0 Å². The van der Waals surface area contributed by atoms with Gasteiger partial charge >= 0.3 is 5.97 Å². The smallest absolute Gasteiger partial charge is 0.333 e. The van der Waals surface area contributed by atoms with Crippen LogP contribution in [0.3, 0.4) is 0 Å². The van der Waals surface area contributed by atoms with Gasteiger partial charge in [-0.15, -0.1) is 0 Å². The van der Waals surface area contributed by atoms with E-state index in [0.717, 1.165) is 5.69 Å². The van der Waals surface area contributed by atoms with Gasteiger partial charge in [-0.05, 0) is 38.1 Å². The second kappa shape index (κ2) is 8.76. The molecule has 0 spiro atoms. The summed E-state index contributed by atoms with van der Waals surface area (Å²) in [6.45, 7) is 7.21. The molecule has 0 fully saturated rings. The van der Waals surface area contributed by atoms with Crippen LogP contribution in [0.4, 0.5) is 5.69 Å². The SMILES string of the molecule is C=C(C)C(=O)OCCNc1ccc(C(=O)c2ccccc2C(C)=O)cc1. The zero-order valence-corrected chi connectivity index (χ0v) is 14.9. The van der Waals surface area contributed by atoms with E-state index >= 15 is 0 Å². The van der Waals surface area contributed by atoms with Crippen LogP contribution in [0.2, 0.25) is 0 Å².